The van der Waals surface area contributed by atoms with Gasteiger partial charge in [0.2, 0.25) is 5.91 Å². The summed E-state index contributed by atoms with van der Waals surface area (Å²) in [6, 6.07) is 9.04. The van der Waals surface area contributed by atoms with E-state index < -0.39 is 12.1 Å². The van der Waals surface area contributed by atoms with Crippen LogP contribution in [-0.4, -0.2) is 45.0 Å². The first-order chi connectivity index (χ1) is 12.5. The van der Waals surface area contributed by atoms with Gasteiger partial charge < -0.3 is 19.5 Å². The highest BCUT2D eigenvalue weighted by atomic mass is 16.5. The van der Waals surface area contributed by atoms with Crippen molar-refractivity contribution in [3.05, 3.63) is 54.1 Å². The van der Waals surface area contributed by atoms with Crippen LogP contribution < -0.4 is 5.32 Å². The highest BCUT2D eigenvalue weighted by molar-refractivity contribution is 5.86. The molecule has 26 heavy (non-hydrogen) atoms. The minimum Gasteiger partial charge on any atom is -0.356 e. The van der Waals surface area contributed by atoms with E-state index in [2.05, 4.69) is 10.3 Å². The molecular formula is C19H24N4O3. The van der Waals surface area contributed by atoms with Gasteiger partial charge in [-0.15, -0.1) is 0 Å². The van der Waals surface area contributed by atoms with Gasteiger partial charge in [-0.05, 0) is 19.4 Å². The van der Waals surface area contributed by atoms with E-state index in [-0.39, 0.29) is 24.5 Å². The first kappa shape index (κ1) is 18.1. The molecule has 1 fully saturated rings. The molecule has 1 aliphatic heterocycles. The minimum atomic E-state index is -0.766. The lowest BCUT2D eigenvalue weighted by Gasteiger charge is -2.42. The van der Waals surface area contributed by atoms with Crippen molar-refractivity contribution in [1.29, 1.82) is 0 Å². The second-order valence-electron chi connectivity index (χ2n) is 6.65. The standard InChI is InChI=1S/C19H24N4O3/c1-13(2)23-16(24)12-26-18(17(23)14-7-5-4-6-8-14)19(25)21-11-15-20-9-10-22(15)3/h4-10,13,17-18H,11-12H2,1-3H3,(H,21,25). The molecule has 2 unspecified atom stereocenters. The lowest BCUT2D eigenvalue weighted by molar-refractivity contribution is -0.167. The fourth-order valence-corrected chi connectivity index (χ4v) is 3.28. The fraction of sp³-hybridized carbons (Fsp3) is 0.421. The molecule has 1 aliphatic rings. The van der Waals surface area contributed by atoms with E-state index in [0.717, 1.165) is 11.4 Å². The quantitative estimate of drug-likeness (QED) is 0.879. The van der Waals surface area contributed by atoms with Gasteiger partial charge in [-0.3, -0.25) is 9.59 Å². The van der Waals surface area contributed by atoms with Crippen LogP contribution >= 0.6 is 0 Å². The summed E-state index contributed by atoms with van der Waals surface area (Å²) in [5, 5.41) is 2.88. The summed E-state index contributed by atoms with van der Waals surface area (Å²) in [6.07, 6.45) is 2.74. The number of ether oxygens (including phenoxy) is 1. The monoisotopic (exact) mass is 356 g/mol. The van der Waals surface area contributed by atoms with Crippen LogP contribution in [0.5, 0.6) is 0 Å². The van der Waals surface area contributed by atoms with Crippen LogP contribution in [0.2, 0.25) is 0 Å². The molecule has 0 saturated carbocycles. The Morgan fingerprint density at radius 1 is 1.35 bits per heavy atom. The average molecular weight is 356 g/mol. The first-order valence-corrected chi connectivity index (χ1v) is 8.70. The molecule has 1 N–H and O–H groups in total. The van der Waals surface area contributed by atoms with Crippen LogP contribution in [0.25, 0.3) is 0 Å². The largest absolute Gasteiger partial charge is 0.356 e. The summed E-state index contributed by atoms with van der Waals surface area (Å²) in [5.41, 5.74) is 0.881. The number of amides is 2. The van der Waals surface area contributed by atoms with Gasteiger partial charge in [0.05, 0.1) is 12.6 Å². The Morgan fingerprint density at radius 2 is 2.08 bits per heavy atom. The zero-order chi connectivity index (χ0) is 18.7. The minimum absolute atomic E-state index is 0.0403. The predicted octanol–water partition coefficient (Wildman–Crippen LogP) is 1.41. The number of rotatable bonds is 5. The molecule has 1 saturated heterocycles. The van der Waals surface area contributed by atoms with Gasteiger partial charge in [-0.25, -0.2) is 4.98 Å². The molecule has 2 heterocycles. The Bertz CT molecular complexity index is 772. The summed E-state index contributed by atoms with van der Waals surface area (Å²) in [5.74, 6) is 0.393. The lowest BCUT2D eigenvalue weighted by atomic mass is 9.96. The number of imidazole rings is 1. The van der Waals surface area contributed by atoms with Crippen molar-refractivity contribution < 1.29 is 14.3 Å². The molecule has 1 aromatic heterocycles. The molecule has 0 radical (unpaired) electrons. The molecular weight excluding hydrogens is 332 g/mol. The Balaban J connectivity index is 1.84. The van der Waals surface area contributed by atoms with Gasteiger partial charge in [0.25, 0.3) is 5.91 Å². The molecule has 2 aromatic rings. The summed E-state index contributed by atoms with van der Waals surface area (Å²) in [7, 11) is 1.87. The molecule has 7 heteroatoms. The van der Waals surface area contributed by atoms with Gasteiger partial charge in [-0.2, -0.15) is 0 Å². The van der Waals surface area contributed by atoms with E-state index in [9.17, 15) is 9.59 Å². The SMILES string of the molecule is CC(C)N1C(=O)COC(C(=O)NCc2nccn2C)C1c1ccccc1. The van der Waals surface area contributed by atoms with Gasteiger partial charge in [0.15, 0.2) is 6.10 Å². The van der Waals surface area contributed by atoms with Crippen LogP contribution in [-0.2, 0) is 27.9 Å². The van der Waals surface area contributed by atoms with Crippen molar-refractivity contribution in [1.82, 2.24) is 19.8 Å². The predicted molar refractivity (Wildman–Crippen MR) is 96.0 cm³/mol. The van der Waals surface area contributed by atoms with Crippen LogP contribution in [0, 0.1) is 0 Å². The molecule has 3 rings (SSSR count). The number of aryl methyl sites for hydroxylation is 1. The van der Waals surface area contributed by atoms with E-state index in [4.69, 9.17) is 4.74 Å². The van der Waals surface area contributed by atoms with E-state index in [1.54, 1.807) is 11.1 Å². The first-order valence-electron chi connectivity index (χ1n) is 8.70. The zero-order valence-corrected chi connectivity index (χ0v) is 15.3. The number of nitrogens with one attached hydrogen (secondary N) is 1. The maximum Gasteiger partial charge on any atom is 0.252 e. The third kappa shape index (κ3) is 3.62. The zero-order valence-electron chi connectivity index (χ0n) is 15.3. The second kappa shape index (κ2) is 7.70. The van der Waals surface area contributed by atoms with Crippen LogP contribution in [0.15, 0.2) is 42.7 Å². The van der Waals surface area contributed by atoms with Crippen molar-refractivity contribution >= 4 is 11.8 Å². The summed E-state index contributed by atoms with van der Waals surface area (Å²) >= 11 is 0. The molecule has 7 nitrogen and oxygen atoms in total. The van der Waals surface area contributed by atoms with Gasteiger partial charge in [0.1, 0.15) is 12.4 Å². The van der Waals surface area contributed by atoms with E-state index in [1.807, 2.05) is 62.0 Å². The van der Waals surface area contributed by atoms with E-state index >= 15 is 0 Å². The smallest absolute Gasteiger partial charge is 0.252 e. The van der Waals surface area contributed by atoms with Gasteiger partial charge >= 0.3 is 0 Å². The Kier molecular flexibility index (Phi) is 5.37. The molecule has 1 aromatic carbocycles. The maximum atomic E-state index is 12.9. The number of nitrogens with zero attached hydrogens (tertiary/aromatic N) is 3. The fourth-order valence-electron chi connectivity index (χ4n) is 3.28. The summed E-state index contributed by atoms with van der Waals surface area (Å²) in [6.45, 7) is 4.10. The molecule has 2 amide bonds. The van der Waals surface area contributed by atoms with Gasteiger partial charge in [0, 0.05) is 25.5 Å². The third-order valence-corrected chi connectivity index (χ3v) is 4.56. The van der Waals surface area contributed by atoms with Crippen molar-refractivity contribution in [3.8, 4) is 0 Å². The van der Waals surface area contributed by atoms with Crippen molar-refractivity contribution in [2.24, 2.45) is 7.05 Å². The molecule has 138 valence electrons. The van der Waals surface area contributed by atoms with Crippen molar-refractivity contribution in [3.63, 3.8) is 0 Å². The maximum absolute atomic E-state index is 12.9. The van der Waals surface area contributed by atoms with Crippen molar-refractivity contribution in [2.75, 3.05) is 6.61 Å². The van der Waals surface area contributed by atoms with E-state index in [0.29, 0.717) is 6.54 Å². The number of hydrogen-bond donors (Lipinski definition) is 1. The number of morpholine rings is 1. The van der Waals surface area contributed by atoms with Crippen molar-refractivity contribution in [2.45, 2.75) is 38.6 Å². The molecule has 0 aliphatic carbocycles. The number of carbonyl (C=O) groups is 2. The number of hydrogen-bond acceptors (Lipinski definition) is 4. The molecule has 0 bridgehead atoms. The topological polar surface area (TPSA) is 76.5 Å². The van der Waals surface area contributed by atoms with E-state index in [1.165, 1.54) is 0 Å². The Hall–Kier alpha value is -2.67. The van der Waals surface area contributed by atoms with Crippen LogP contribution in [0.1, 0.15) is 31.3 Å². The normalized spacial score (nSPS) is 20.5. The average Bonchev–Trinajstić information content (AvgIpc) is 3.04. The summed E-state index contributed by atoms with van der Waals surface area (Å²) in [4.78, 5) is 31.2. The highest BCUT2D eigenvalue weighted by Crippen LogP contribution is 2.32. The lowest BCUT2D eigenvalue weighted by Crippen LogP contribution is -2.56. The van der Waals surface area contributed by atoms with Crippen LogP contribution in [0.3, 0.4) is 0 Å². The molecule has 2 atom stereocenters. The molecule has 0 spiro atoms. The third-order valence-electron chi connectivity index (χ3n) is 4.56. The number of aromatic nitrogens is 2. The number of benzene rings is 1. The van der Waals surface area contributed by atoms with Gasteiger partial charge in [-0.1, -0.05) is 30.3 Å². The van der Waals surface area contributed by atoms with Crippen LogP contribution in [0.4, 0.5) is 0 Å². The highest BCUT2D eigenvalue weighted by Gasteiger charge is 2.42. The second-order valence-corrected chi connectivity index (χ2v) is 6.65. The number of carbonyl (C=O) groups excluding carboxylic acids is 2. The Labute approximate surface area is 153 Å². The Morgan fingerprint density at radius 3 is 2.69 bits per heavy atom. The summed E-state index contributed by atoms with van der Waals surface area (Å²) < 4.78 is 7.52.